The second-order valence-electron chi connectivity index (χ2n) is 50.5. The topological polar surface area (TPSA) is 199 Å². The zero-order valence-electron chi connectivity index (χ0n) is 94.0. The van der Waals surface area contributed by atoms with E-state index in [1.165, 1.54) is 51.4 Å². The molecule has 0 amide bonds. The van der Waals surface area contributed by atoms with Crippen molar-refractivity contribution in [3.05, 3.63) is 23.3 Å². The van der Waals surface area contributed by atoms with E-state index in [0.29, 0.717) is 17.9 Å². The Balaban J connectivity index is 1.23. The number of hydrogen-bond donors (Lipinski definition) is 5. The first-order valence-electron chi connectivity index (χ1n) is 56.6. The summed E-state index contributed by atoms with van der Waals surface area (Å²) in [5.74, 6) is 9.21. The number of nitrogens with zero attached hydrogens (tertiary/aromatic N) is 16. The van der Waals surface area contributed by atoms with Gasteiger partial charge >= 0.3 is 0 Å². The van der Waals surface area contributed by atoms with Crippen LogP contribution < -0.4 is 51.1 Å². The van der Waals surface area contributed by atoms with Crippen LogP contribution in [0.2, 0.25) is 0 Å². The van der Waals surface area contributed by atoms with E-state index in [1.54, 1.807) is 0 Å². The standard InChI is InChI=1S/C113H215N21/c1-34-46-63-86(64-47-35-2)93-114-94(87(65-48-36-3)66-49-37-4)116-96(115-93)113(44-11,45-12)134(92-84-110(29,30)127-111(31,32)85-92)75-62-58-56-59-72-131(89-78-104(17,18)124-105(19,20)79-89)100-118-95(117-99(122-100)130(71-54-42-9)88-76-102(13,14)123-103(15,16)77-88)112(33,43-10)133(91-82-108(25,26)126-109(27,28)83-91)74-61-57-55-60-73-132(90-80-106(21,22)125-107(23,24)81-90)101-120-97(128(67-50-38-5)68-51-39-6)119-98(121-101)129(69-52-40-7)70-53-41-8/h86-92,123-127H,34-85H2,1-33H3. The lowest BCUT2D eigenvalue weighted by Crippen LogP contribution is -2.65. The predicted molar refractivity (Wildman–Crippen MR) is 576 cm³/mol. The highest BCUT2D eigenvalue weighted by molar-refractivity contribution is 5.48. The molecule has 0 saturated carbocycles. The van der Waals surface area contributed by atoms with Crippen molar-refractivity contribution in [3.63, 3.8) is 0 Å². The Bertz CT molecular complexity index is 3690. The molecular formula is C113H215N21. The number of anilines is 5. The first-order valence-corrected chi connectivity index (χ1v) is 56.6. The summed E-state index contributed by atoms with van der Waals surface area (Å²) in [7, 11) is 0. The Morgan fingerprint density at radius 3 is 0.769 bits per heavy atom. The lowest BCUT2D eigenvalue weighted by atomic mass is 9.76. The third-order valence-corrected chi connectivity index (χ3v) is 31.5. The van der Waals surface area contributed by atoms with Crippen molar-refractivity contribution in [1.29, 1.82) is 0 Å². The van der Waals surface area contributed by atoms with Crippen LogP contribution in [0.25, 0.3) is 0 Å². The fraction of sp³-hybridized carbons (Fsp3) is 0.920. The van der Waals surface area contributed by atoms with E-state index in [-0.39, 0.29) is 85.1 Å². The Morgan fingerprint density at radius 2 is 0.485 bits per heavy atom. The molecule has 0 radical (unpaired) electrons. The highest BCUT2D eigenvalue weighted by atomic mass is 15.4. The molecule has 0 spiro atoms. The van der Waals surface area contributed by atoms with Gasteiger partial charge in [0.15, 0.2) is 11.6 Å². The van der Waals surface area contributed by atoms with Crippen molar-refractivity contribution in [2.24, 2.45) is 0 Å². The molecule has 5 aliphatic rings. The van der Waals surface area contributed by atoms with Gasteiger partial charge in [-0.25, -0.2) is 15.0 Å². The van der Waals surface area contributed by atoms with E-state index < -0.39 is 5.54 Å². The molecule has 134 heavy (non-hydrogen) atoms. The molecule has 3 aromatic rings. The number of nitrogens with one attached hydrogen (secondary N) is 5. The highest BCUT2D eigenvalue weighted by Crippen LogP contribution is 2.47. The summed E-state index contributed by atoms with van der Waals surface area (Å²) in [6.07, 6.45) is 46.9. The van der Waals surface area contributed by atoms with Crippen molar-refractivity contribution in [1.82, 2.24) is 81.2 Å². The van der Waals surface area contributed by atoms with Crippen LogP contribution in [0.5, 0.6) is 0 Å². The molecule has 8 rings (SSSR count). The van der Waals surface area contributed by atoms with Crippen LogP contribution in [0.4, 0.5) is 29.7 Å². The fourth-order valence-corrected chi connectivity index (χ4v) is 26.3. The largest absolute Gasteiger partial charge is 0.341 e. The van der Waals surface area contributed by atoms with Gasteiger partial charge in [0.2, 0.25) is 29.7 Å². The number of unbranched alkanes of at least 4 members (excludes halogenated alkanes) is 15. The summed E-state index contributed by atoms with van der Waals surface area (Å²) in [6, 6.07) is 1.28. The molecule has 0 aromatic carbocycles. The molecular weight excluding hydrogens is 1650 g/mol. The maximum Gasteiger partial charge on any atom is 0.232 e. The monoisotopic (exact) mass is 1870 g/mol. The van der Waals surface area contributed by atoms with Gasteiger partial charge in [-0.2, -0.15) is 29.9 Å². The Morgan fingerprint density at radius 1 is 0.246 bits per heavy atom. The molecule has 5 saturated heterocycles. The average molecular weight is 1870 g/mol. The SMILES string of the molecule is CCCCC(CCCC)c1nc(C(CCCC)CCCC)nc(C(CC)(CC)N(CCCCCCN(c2nc(N(CCCC)C3CC(C)(C)NC(C)(C)C3)nc(C(C)(CC)N(CCCCCCN(c3nc(N(CCCC)CCCC)nc(N(CCCC)CCCC)n3)C3CC(C)(C)NC(C)(C)C3)C3CC(C)(C)NC(C)(C)C3)n2)C2CC(C)(C)NC(C)(C)C2)C2CC(C)(C)NC(C)(C)C2)n1. The van der Waals surface area contributed by atoms with Crippen LogP contribution >= 0.6 is 0 Å². The Hall–Kier alpha value is -4.25. The van der Waals surface area contributed by atoms with E-state index in [1.807, 2.05) is 0 Å². The quantitative estimate of drug-likeness (QED) is 0.0334. The third kappa shape index (κ3) is 33.7. The summed E-state index contributed by atoms with van der Waals surface area (Å²) in [5, 5.41) is 20.6. The summed E-state index contributed by atoms with van der Waals surface area (Å²) >= 11 is 0. The van der Waals surface area contributed by atoms with Gasteiger partial charge in [-0.15, -0.1) is 0 Å². The molecule has 0 bridgehead atoms. The first-order chi connectivity index (χ1) is 63.0. The van der Waals surface area contributed by atoms with Gasteiger partial charge in [0, 0.05) is 143 Å². The minimum absolute atomic E-state index is 0.0431. The van der Waals surface area contributed by atoms with Gasteiger partial charge in [0.25, 0.3) is 0 Å². The van der Waals surface area contributed by atoms with Crippen LogP contribution in [0.15, 0.2) is 0 Å². The lowest BCUT2D eigenvalue weighted by molar-refractivity contribution is -0.0252. The van der Waals surface area contributed by atoms with Gasteiger partial charge in [-0.05, 0) is 325 Å². The van der Waals surface area contributed by atoms with E-state index in [4.69, 9.17) is 44.9 Å². The molecule has 5 fully saturated rings. The van der Waals surface area contributed by atoms with Crippen molar-refractivity contribution < 1.29 is 0 Å². The molecule has 1 unspecified atom stereocenters. The molecule has 21 heteroatoms. The number of rotatable bonds is 60. The van der Waals surface area contributed by atoms with Crippen LogP contribution in [-0.4, -0.2) is 199 Å². The van der Waals surface area contributed by atoms with E-state index >= 15 is 0 Å². The molecule has 1 atom stereocenters. The highest BCUT2D eigenvalue weighted by Gasteiger charge is 2.52. The maximum absolute atomic E-state index is 6.27. The molecule has 3 aromatic heterocycles. The fourth-order valence-electron chi connectivity index (χ4n) is 26.3. The van der Waals surface area contributed by atoms with Gasteiger partial charge in [-0.1, -0.05) is 192 Å². The maximum atomic E-state index is 6.27. The number of hydrogen-bond acceptors (Lipinski definition) is 21. The summed E-state index contributed by atoms with van der Waals surface area (Å²) in [4.78, 5) is 72.3. The second-order valence-corrected chi connectivity index (χ2v) is 50.5. The Labute approximate surface area is 826 Å². The minimum atomic E-state index is -0.551. The molecule has 5 aliphatic heterocycles. The molecule has 8 heterocycles. The summed E-state index contributed by atoms with van der Waals surface area (Å²) in [5.41, 5.74) is -1.74. The van der Waals surface area contributed by atoms with E-state index in [2.05, 4.69) is 289 Å². The zero-order chi connectivity index (χ0) is 98.9. The van der Waals surface area contributed by atoms with Crippen molar-refractivity contribution in [2.45, 2.75) is 613 Å². The first kappa shape index (κ1) is 115. The molecule has 21 nitrogen and oxygen atoms in total. The van der Waals surface area contributed by atoms with Crippen LogP contribution in [-0.2, 0) is 11.1 Å². The average Bonchev–Trinajstić information content (AvgIpc) is 0.749. The van der Waals surface area contributed by atoms with Gasteiger partial charge in [0.05, 0.1) is 11.1 Å². The van der Waals surface area contributed by atoms with E-state index in [9.17, 15) is 0 Å². The molecule has 5 N–H and O–H groups in total. The normalized spacial score (nSPS) is 20.7. The molecule has 772 valence electrons. The second kappa shape index (κ2) is 51.1. The lowest BCUT2D eigenvalue weighted by Gasteiger charge is -2.54. The summed E-state index contributed by atoms with van der Waals surface area (Å²) < 4.78 is 0. The van der Waals surface area contributed by atoms with Crippen LogP contribution in [0.3, 0.4) is 0 Å². The predicted octanol–water partition coefficient (Wildman–Crippen LogP) is 26.5. The Kier molecular flexibility index (Phi) is 43.9. The molecule has 0 aliphatic carbocycles. The van der Waals surface area contributed by atoms with Gasteiger partial charge in [-0.3, -0.25) is 9.80 Å². The third-order valence-electron chi connectivity index (χ3n) is 31.5. The van der Waals surface area contributed by atoms with Crippen molar-refractivity contribution in [2.75, 3.05) is 83.4 Å². The summed E-state index contributed by atoms with van der Waals surface area (Å²) in [6.45, 7) is 88.2. The smallest absolute Gasteiger partial charge is 0.232 e. The van der Waals surface area contributed by atoms with E-state index in [0.717, 1.165) is 337 Å². The van der Waals surface area contributed by atoms with Crippen LogP contribution in [0.1, 0.15) is 540 Å². The van der Waals surface area contributed by atoms with Gasteiger partial charge in [0.1, 0.15) is 11.6 Å². The zero-order valence-corrected chi connectivity index (χ0v) is 94.0. The number of aromatic nitrogens is 9. The van der Waals surface area contributed by atoms with Crippen LogP contribution in [0, 0.1) is 0 Å². The van der Waals surface area contributed by atoms with Crippen molar-refractivity contribution >= 4 is 29.7 Å². The minimum Gasteiger partial charge on any atom is -0.341 e. The number of piperidine rings is 5. The van der Waals surface area contributed by atoms with Crippen molar-refractivity contribution in [3.8, 4) is 0 Å². The van der Waals surface area contributed by atoms with Gasteiger partial charge < -0.3 is 51.1 Å².